The number of nitro benzene ring substituents is 1. The highest BCUT2D eigenvalue weighted by atomic mass is 16.6. The summed E-state index contributed by atoms with van der Waals surface area (Å²) in [6.45, 7) is 4.60. The van der Waals surface area contributed by atoms with Crippen LogP contribution < -0.4 is 5.32 Å². The molecule has 1 aliphatic rings. The number of benzene rings is 1. The molecule has 0 amide bonds. The Balaban J connectivity index is 2.21. The molecule has 0 saturated carbocycles. The third-order valence-corrected chi connectivity index (χ3v) is 3.49. The monoisotopic (exact) mass is 260 g/mol. The highest BCUT2D eigenvalue weighted by Crippen LogP contribution is 2.23. The summed E-state index contributed by atoms with van der Waals surface area (Å²) in [7, 11) is 0. The van der Waals surface area contributed by atoms with E-state index in [1.807, 2.05) is 6.07 Å². The van der Waals surface area contributed by atoms with E-state index in [0.717, 1.165) is 18.7 Å². The molecule has 19 heavy (non-hydrogen) atoms. The Morgan fingerprint density at radius 1 is 1.63 bits per heavy atom. The zero-order valence-corrected chi connectivity index (χ0v) is 10.8. The van der Waals surface area contributed by atoms with Crippen LogP contribution in [0.25, 0.3) is 0 Å². The largest absolute Gasteiger partial charge is 0.313 e. The van der Waals surface area contributed by atoms with Crippen LogP contribution in [0, 0.1) is 28.4 Å². The SMILES string of the molecule is Cc1c(CN2CCNCC2C#N)cccc1[N+](=O)[O-]. The Labute approximate surface area is 111 Å². The number of nitriles is 1. The van der Waals surface area contributed by atoms with Gasteiger partial charge in [0, 0.05) is 37.8 Å². The number of hydrogen-bond acceptors (Lipinski definition) is 5. The van der Waals surface area contributed by atoms with Crippen molar-refractivity contribution in [2.75, 3.05) is 19.6 Å². The van der Waals surface area contributed by atoms with Gasteiger partial charge in [-0.25, -0.2) is 0 Å². The fourth-order valence-electron chi connectivity index (χ4n) is 2.32. The Morgan fingerprint density at radius 2 is 2.42 bits per heavy atom. The Morgan fingerprint density at radius 3 is 3.11 bits per heavy atom. The average Bonchev–Trinajstić information content (AvgIpc) is 2.41. The molecule has 2 rings (SSSR count). The molecular weight excluding hydrogens is 244 g/mol. The smallest absolute Gasteiger partial charge is 0.272 e. The molecule has 0 bridgehead atoms. The lowest BCUT2D eigenvalue weighted by atomic mass is 10.0. The van der Waals surface area contributed by atoms with Crippen molar-refractivity contribution >= 4 is 5.69 Å². The number of rotatable bonds is 3. The van der Waals surface area contributed by atoms with E-state index in [9.17, 15) is 10.1 Å². The van der Waals surface area contributed by atoms with Crippen LogP contribution in [0.3, 0.4) is 0 Å². The first-order valence-electron chi connectivity index (χ1n) is 6.20. The van der Waals surface area contributed by atoms with E-state index in [1.165, 1.54) is 6.07 Å². The second-order valence-corrected chi connectivity index (χ2v) is 4.64. The quantitative estimate of drug-likeness (QED) is 0.652. The van der Waals surface area contributed by atoms with Crippen LogP contribution in [0.4, 0.5) is 5.69 Å². The van der Waals surface area contributed by atoms with Crippen molar-refractivity contribution in [3.8, 4) is 6.07 Å². The molecule has 1 aromatic carbocycles. The molecule has 1 aromatic rings. The van der Waals surface area contributed by atoms with Gasteiger partial charge >= 0.3 is 0 Å². The minimum absolute atomic E-state index is 0.140. The molecule has 6 heteroatoms. The van der Waals surface area contributed by atoms with Crippen LogP contribution >= 0.6 is 0 Å². The van der Waals surface area contributed by atoms with Crippen LogP contribution in [-0.2, 0) is 6.54 Å². The lowest BCUT2D eigenvalue weighted by molar-refractivity contribution is -0.385. The summed E-state index contributed by atoms with van der Waals surface area (Å²) >= 11 is 0. The van der Waals surface area contributed by atoms with Gasteiger partial charge in [-0.1, -0.05) is 12.1 Å². The van der Waals surface area contributed by atoms with Crippen molar-refractivity contribution in [2.45, 2.75) is 19.5 Å². The predicted octanol–water partition coefficient (Wildman–Crippen LogP) is 1.20. The summed E-state index contributed by atoms with van der Waals surface area (Å²) in [6.07, 6.45) is 0. The van der Waals surface area contributed by atoms with Crippen molar-refractivity contribution in [1.82, 2.24) is 10.2 Å². The summed E-state index contributed by atoms with van der Waals surface area (Å²) in [5.41, 5.74) is 1.74. The molecule has 1 N–H and O–H groups in total. The van der Waals surface area contributed by atoms with E-state index in [4.69, 9.17) is 5.26 Å². The van der Waals surface area contributed by atoms with Crippen molar-refractivity contribution in [3.05, 3.63) is 39.4 Å². The standard InChI is InChI=1S/C13H16N4O2/c1-10-11(3-2-4-13(10)17(18)19)9-16-6-5-15-8-12(16)7-14/h2-4,12,15H,5-6,8-9H2,1H3. The Bertz CT molecular complexity index is 524. The van der Waals surface area contributed by atoms with Gasteiger partial charge in [0.15, 0.2) is 0 Å². The minimum atomic E-state index is -0.363. The molecule has 0 spiro atoms. The van der Waals surface area contributed by atoms with E-state index >= 15 is 0 Å². The van der Waals surface area contributed by atoms with Gasteiger partial charge in [-0.2, -0.15) is 5.26 Å². The van der Waals surface area contributed by atoms with Gasteiger partial charge in [-0.05, 0) is 12.5 Å². The lowest BCUT2D eigenvalue weighted by Gasteiger charge is -2.32. The fourth-order valence-corrected chi connectivity index (χ4v) is 2.32. The second-order valence-electron chi connectivity index (χ2n) is 4.64. The van der Waals surface area contributed by atoms with E-state index in [2.05, 4.69) is 16.3 Å². The van der Waals surface area contributed by atoms with Crippen LogP contribution in [0.15, 0.2) is 18.2 Å². The first-order valence-corrected chi connectivity index (χ1v) is 6.20. The molecule has 100 valence electrons. The number of nitrogens with zero attached hydrogens (tertiary/aromatic N) is 3. The van der Waals surface area contributed by atoms with Gasteiger partial charge in [0.1, 0.15) is 6.04 Å². The molecule has 1 aliphatic heterocycles. The van der Waals surface area contributed by atoms with Crippen LogP contribution in [0.5, 0.6) is 0 Å². The summed E-state index contributed by atoms with van der Waals surface area (Å²) in [5.74, 6) is 0. The minimum Gasteiger partial charge on any atom is -0.313 e. The summed E-state index contributed by atoms with van der Waals surface area (Å²) in [5, 5.41) is 23.2. The Hall–Kier alpha value is -1.97. The van der Waals surface area contributed by atoms with Gasteiger partial charge in [0.2, 0.25) is 0 Å². The first-order chi connectivity index (χ1) is 9.13. The van der Waals surface area contributed by atoms with Crippen molar-refractivity contribution in [1.29, 1.82) is 5.26 Å². The van der Waals surface area contributed by atoms with E-state index in [-0.39, 0.29) is 16.7 Å². The number of piperazine rings is 1. The summed E-state index contributed by atoms with van der Waals surface area (Å²) in [6, 6.07) is 7.19. The molecule has 6 nitrogen and oxygen atoms in total. The lowest BCUT2D eigenvalue weighted by Crippen LogP contribution is -2.50. The molecule has 0 aromatic heterocycles. The van der Waals surface area contributed by atoms with Crippen molar-refractivity contribution in [3.63, 3.8) is 0 Å². The maximum Gasteiger partial charge on any atom is 0.272 e. The molecule has 1 atom stereocenters. The van der Waals surface area contributed by atoms with Crippen LogP contribution in [-0.4, -0.2) is 35.5 Å². The maximum atomic E-state index is 10.9. The molecule has 1 saturated heterocycles. The maximum absolute atomic E-state index is 10.9. The van der Waals surface area contributed by atoms with Gasteiger partial charge in [-0.3, -0.25) is 15.0 Å². The molecule has 1 heterocycles. The number of nitro groups is 1. The molecule has 0 aliphatic carbocycles. The fraction of sp³-hybridized carbons (Fsp3) is 0.462. The zero-order valence-electron chi connectivity index (χ0n) is 10.8. The third-order valence-electron chi connectivity index (χ3n) is 3.49. The van der Waals surface area contributed by atoms with Gasteiger partial charge in [-0.15, -0.1) is 0 Å². The predicted molar refractivity (Wildman–Crippen MR) is 70.5 cm³/mol. The Kier molecular flexibility index (Phi) is 4.10. The van der Waals surface area contributed by atoms with Gasteiger partial charge in [0.05, 0.1) is 11.0 Å². The van der Waals surface area contributed by atoms with Crippen LogP contribution in [0.1, 0.15) is 11.1 Å². The third kappa shape index (κ3) is 2.89. The number of hydrogen-bond donors (Lipinski definition) is 1. The molecule has 1 fully saturated rings. The number of nitrogens with one attached hydrogen (secondary N) is 1. The molecule has 1 unspecified atom stereocenters. The molecular formula is C13H16N4O2. The van der Waals surface area contributed by atoms with Crippen molar-refractivity contribution in [2.24, 2.45) is 0 Å². The zero-order chi connectivity index (χ0) is 13.8. The topological polar surface area (TPSA) is 82.2 Å². The summed E-state index contributed by atoms with van der Waals surface area (Å²) in [4.78, 5) is 12.6. The highest BCUT2D eigenvalue weighted by Gasteiger charge is 2.23. The van der Waals surface area contributed by atoms with E-state index in [0.29, 0.717) is 18.7 Å². The highest BCUT2D eigenvalue weighted by molar-refractivity contribution is 5.44. The van der Waals surface area contributed by atoms with Crippen LogP contribution in [0.2, 0.25) is 0 Å². The normalized spacial score (nSPS) is 19.9. The van der Waals surface area contributed by atoms with E-state index < -0.39 is 0 Å². The van der Waals surface area contributed by atoms with Gasteiger partial charge in [0.25, 0.3) is 5.69 Å². The average molecular weight is 260 g/mol. The second kappa shape index (κ2) is 5.78. The van der Waals surface area contributed by atoms with Crippen molar-refractivity contribution < 1.29 is 4.92 Å². The molecule has 0 radical (unpaired) electrons. The summed E-state index contributed by atoms with van der Waals surface area (Å²) < 4.78 is 0. The van der Waals surface area contributed by atoms with Gasteiger partial charge < -0.3 is 5.32 Å². The first kappa shape index (κ1) is 13.5. The van der Waals surface area contributed by atoms with E-state index in [1.54, 1.807) is 13.0 Å².